The van der Waals surface area contributed by atoms with Gasteiger partial charge in [0, 0.05) is 20.0 Å². The van der Waals surface area contributed by atoms with Crippen molar-refractivity contribution in [1.82, 2.24) is 10.2 Å². The van der Waals surface area contributed by atoms with E-state index in [1.54, 1.807) is 36.4 Å². The van der Waals surface area contributed by atoms with E-state index in [4.69, 9.17) is 4.74 Å². The molecule has 4 rings (SSSR count). The number of sulfonamides is 1. The van der Waals surface area contributed by atoms with Gasteiger partial charge in [-0.05, 0) is 42.3 Å². The summed E-state index contributed by atoms with van der Waals surface area (Å²) in [5.74, 6) is -0.596. The molecule has 4 aromatic rings. The molecule has 9 heteroatoms. The van der Waals surface area contributed by atoms with Crippen LogP contribution in [0.25, 0.3) is 0 Å². The third kappa shape index (κ3) is 7.16. The van der Waals surface area contributed by atoms with E-state index < -0.39 is 28.5 Å². The molecule has 0 unspecified atom stereocenters. The highest BCUT2D eigenvalue weighted by atomic mass is 32.2. The van der Waals surface area contributed by atoms with Gasteiger partial charge in [0.1, 0.15) is 18.3 Å². The minimum atomic E-state index is -4.21. The zero-order chi connectivity index (χ0) is 30.1. The second kappa shape index (κ2) is 13.8. The van der Waals surface area contributed by atoms with Gasteiger partial charge in [0.25, 0.3) is 10.0 Å². The molecule has 0 saturated carbocycles. The Kier molecular flexibility index (Phi) is 9.98. The number of anilines is 1. The van der Waals surface area contributed by atoms with Crippen molar-refractivity contribution in [2.45, 2.75) is 30.8 Å². The van der Waals surface area contributed by atoms with Crippen molar-refractivity contribution in [1.29, 1.82) is 0 Å². The monoisotopic (exact) mass is 585 g/mol. The highest BCUT2D eigenvalue weighted by Crippen LogP contribution is 2.32. The number of rotatable bonds is 12. The van der Waals surface area contributed by atoms with E-state index in [1.165, 1.54) is 31.2 Å². The van der Waals surface area contributed by atoms with E-state index in [1.807, 2.05) is 67.6 Å². The first-order valence-electron chi connectivity index (χ1n) is 13.6. The lowest BCUT2D eigenvalue weighted by Gasteiger charge is -2.33. The molecule has 0 heterocycles. The summed E-state index contributed by atoms with van der Waals surface area (Å²) in [7, 11) is -1.24. The Labute approximate surface area is 247 Å². The highest BCUT2D eigenvalue weighted by Gasteiger charge is 2.35. The van der Waals surface area contributed by atoms with Gasteiger partial charge in [-0.3, -0.25) is 13.9 Å². The third-order valence-corrected chi connectivity index (χ3v) is 8.73. The summed E-state index contributed by atoms with van der Waals surface area (Å²) in [6.07, 6.45) is 0.248. The molecule has 2 amide bonds. The van der Waals surface area contributed by atoms with Crippen LogP contribution >= 0.6 is 0 Å². The molecule has 0 saturated heterocycles. The topological polar surface area (TPSA) is 96.0 Å². The molecule has 1 N–H and O–H groups in total. The van der Waals surface area contributed by atoms with Gasteiger partial charge in [-0.25, -0.2) is 8.42 Å². The van der Waals surface area contributed by atoms with Crippen LogP contribution in [-0.4, -0.2) is 51.9 Å². The fourth-order valence-electron chi connectivity index (χ4n) is 4.69. The Morgan fingerprint density at radius 2 is 1.38 bits per heavy atom. The first-order valence-corrected chi connectivity index (χ1v) is 15.0. The summed E-state index contributed by atoms with van der Waals surface area (Å²) >= 11 is 0. The molecule has 0 fully saturated rings. The Morgan fingerprint density at radius 1 is 0.810 bits per heavy atom. The van der Waals surface area contributed by atoms with Crippen LogP contribution in [0.5, 0.6) is 5.75 Å². The number of amides is 2. The average Bonchev–Trinajstić information content (AvgIpc) is 3.02. The quantitative estimate of drug-likeness (QED) is 0.263. The summed E-state index contributed by atoms with van der Waals surface area (Å²) in [5.41, 5.74) is 2.79. The highest BCUT2D eigenvalue weighted by molar-refractivity contribution is 7.92. The van der Waals surface area contributed by atoms with Crippen LogP contribution in [0.15, 0.2) is 114 Å². The summed E-state index contributed by atoms with van der Waals surface area (Å²) in [6, 6.07) is 30.9. The Bertz CT molecular complexity index is 1590. The van der Waals surface area contributed by atoms with E-state index in [9.17, 15) is 18.0 Å². The Hall–Kier alpha value is -4.63. The smallest absolute Gasteiger partial charge is 0.264 e. The molecule has 0 aliphatic carbocycles. The standard InChI is InChI=1S/C33H35N3O5S/c1-25-18-20-28(21-19-25)42(39,40)36(29-16-10-11-17-31(29)41-3)24-32(37)35(23-27-14-8-5-9-15-27)30(33(38)34-2)22-26-12-6-4-7-13-26/h4-21,30H,22-24H2,1-3H3,(H,34,38)/t30-/m0/s1. The number of para-hydroxylation sites is 2. The zero-order valence-electron chi connectivity index (χ0n) is 23.9. The maximum atomic E-state index is 14.3. The predicted molar refractivity (Wildman–Crippen MR) is 164 cm³/mol. The van der Waals surface area contributed by atoms with E-state index in [2.05, 4.69) is 5.32 Å². The minimum Gasteiger partial charge on any atom is -0.495 e. The molecule has 0 spiro atoms. The minimum absolute atomic E-state index is 0.0357. The Balaban J connectivity index is 1.80. The molecule has 42 heavy (non-hydrogen) atoms. The van der Waals surface area contributed by atoms with Crippen molar-refractivity contribution < 1.29 is 22.7 Å². The van der Waals surface area contributed by atoms with Gasteiger partial charge in [0.15, 0.2) is 0 Å². The number of methoxy groups -OCH3 is 1. The molecule has 0 radical (unpaired) electrons. The fraction of sp³-hybridized carbons (Fsp3) is 0.212. The third-order valence-electron chi connectivity index (χ3n) is 6.95. The summed E-state index contributed by atoms with van der Waals surface area (Å²) in [6.45, 7) is 1.42. The normalized spacial score (nSPS) is 11.8. The number of carbonyl (C=O) groups is 2. The van der Waals surface area contributed by atoms with Crippen molar-refractivity contribution in [3.05, 3.63) is 126 Å². The van der Waals surface area contributed by atoms with Crippen molar-refractivity contribution in [2.24, 2.45) is 0 Å². The number of nitrogens with one attached hydrogen (secondary N) is 1. The Morgan fingerprint density at radius 3 is 1.98 bits per heavy atom. The number of nitrogens with zero attached hydrogens (tertiary/aromatic N) is 2. The van der Waals surface area contributed by atoms with Gasteiger partial charge in [-0.2, -0.15) is 0 Å². The van der Waals surface area contributed by atoms with Gasteiger partial charge >= 0.3 is 0 Å². The van der Waals surface area contributed by atoms with Crippen LogP contribution in [0.4, 0.5) is 5.69 Å². The molecule has 0 aliphatic rings. The number of carbonyl (C=O) groups excluding carboxylic acids is 2. The SMILES string of the molecule is CNC(=O)[C@H](Cc1ccccc1)N(Cc1ccccc1)C(=O)CN(c1ccccc1OC)S(=O)(=O)c1ccc(C)cc1. The van der Waals surface area contributed by atoms with Crippen molar-refractivity contribution in [3.8, 4) is 5.75 Å². The van der Waals surface area contributed by atoms with Gasteiger partial charge in [0.05, 0.1) is 17.7 Å². The number of likely N-dealkylation sites (N-methyl/N-ethyl adjacent to an activating group) is 1. The number of hydrogen-bond acceptors (Lipinski definition) is 5. The van der Waals surface area contributed by atoms with Crippen LogP contribution < -0.4 is 14.4 Å². The predicted octanol–water partition coefficient (Wildman–Crippen LogP) is 4.59. The molecular formula is C33H35N3O5S. The zero-order valence-corrected chi connectivity index (χ0v) is 24.8. The van der Waals surface area contributed by atoms with Gasteiger partial charge < -0.3 is 15.0 Å². The maximum absolute atomic E-state index is 14.3. The number of ether oxygens (including phenoxy) is 1. The molecule has 0 aliphatic heterocycles. The molecule has 1 atom stereocenters. The van der Waals surface area contributed by atoms with Crippen molar-refractivity contribution in [2.75, 3.05) is 25.0 Å². The number of hydrogen-bond donors (Lipinski definition) is 1. The van der Waals surface area contributed by atoms with E-state index in [-0.39, 0.29) is 29.5 Å². The number of aryl methyl sites for hydroxylation is 1. The second-order valence-electron chi connectivity index (χ2n) is 9.82. The van der Waals surface area contributed by atoms with Crippen molar-refractivity contribution in [3.63, 3.8) is 0 Å². The molecule has 8 nitrogen and oxygen atoms in total. The molecular weight excluding hydrogens is 550 g/mol. The van der Waals surface area contributed by atoms with E-state index in [0.717, 1.165) is 21.0 Å². The van der Waals surface area contributed by atoms with Crippen LogP contribution in [0.1, 0.15) is 16.7 Å². The van der Waals surface area contributed by atoms with E-state index in [0.29, 0.717) is 5.75 Å². The average molecular weight is 586 g/mol. The lowest BCUT2D eigenvalue weighted by molar-refractivity contribution is -0.139. The van der Waals surface area contributed by atoms with Gasteiger partial charge in [-0.1, -0.05) is 90.5 Å². The lowest BCUT2D eigenvalue weighted by Crippen LogP contribution is -2.53. The molecule has 218 valence electrons. The van der Waals surface area contributed by atoms with Gasteiger partial charge in [-0.15, -0.1) is 0 Å². The summed E-state index contributed by atoms with van der Waals surface area (Å²) < 4.78 is 34.8. The fourth-order valence-corrected chi connectivity index (χ4v) is 6.11. The summed E-state index contributed by atoms with van der Waals surface area (Å²) in [4.78, 5) is 29.1. The van der Waals surface area contributed by atoms with Crippen LogP contribution in [0.3, 0.4) is 0 Å². The second-order valence-corrected chi connectivity index (χ2v) is 11.7. The van der Waals surface area contributed by atoms with Crippen molar-refractivity contribution >= 4 is 27.5 Å². The maximum Gasteiger partial charge on any atom is 0.264 e. The first-order chi connectivity index (χ1) is 20.2. The first kappa shape index (κ1) is 30.3. The van der Waals surface area contributed by atoms with E-state index >= 15 is 0 Å². The summed E-state index contributed by atoms with van der Waals surface area (Å²) in [5, 5.41) is 2.69. The van der Waals surface area contributed by atoms with Crippen LogP contribution in [0.2, 0.25) is 0 Å². The molecule has 0 bridgehead atoms. The van der Waals surface area contributed by atoms with Crippen LogP contribution in [-0.2, 0) is 32.6 Å². The molecule has 4 aromatic carbocycles. The van der Waals surface area contributed by atoms with Gasteiger partial charge in [0.2, 0.25) is 11.8 Å². The van der Waals surface area contributed by atoms with Crippen LogP contribution in [0, 0.1) is 6.92 Å². The number of benzene rings is 4. The molecule has 0 aromatic heterocycles. The largest absolute Gasteiger partial charge is 0.495 e. The lowest BCUT2D eigenvalue weighted by atomic mass is 10.0.